The summed E-state index contributed by atoms with van der Waals surface area (Å²) in [4.78, 5) is 8.92. The number of hydrogen-bond donors (Lipinski definition) is 1. The van der Waals surface area contributed by atoms with Crippen molar-refractivity contribution in [3.63, 3.8) is 0 Å². The second kappa shape index (κ2) is 4.03. The van der Waals surface area contributed by atoms with E-state index in [-0.39, 0.29) is 6.04 Å². The molecule has 1 aliphatic carbocycles. The minimum absolute atomic E-state index is 0.215. The SMILES string of the molecule is c1cc2c(cn1)nc(C1COCCN1)n2C1CC1. The van der Waals surface area contributed by atoms with Crippen LogP contribution in [0.15, 0.2) is 18.5 Å². The Kier molecular flexibility index (Phi) is 2.34. The standard InChI is InChI=1S/C13H16N4O/c1-2-9(1)17-12-3-4-14-7-10(12)16-13(17)11-8-18-6-5-15-11/h3-4,7,9,11,15H,1-2,5-6,8H2. The molecule has 0 aromatic carbocycles. The van der Waals surface area contributed by atoms with Gasteiger partial charge in [-0.15, -0.1) is 0 Å². The van der Waals surface area contributed by atoms with Gasteiger partial charge in [0.15, 0.2) is 0 Å². The lowest BCUT2D eigenvalue weighted by Crippen LogP contribution is -2.36. The van der Waals surface area contributed by atoms with Gasteiger partial charge in [-0.05, 0) is 18.9 Å². The van der Waals surface area contributed by atoms with E-state index in [1.165, 1.54) is 18.4 Å². The molecule has 0 radical (unpaired) electrons. The van der Waals surface area contributed by atoms with Crippen LogP contribution in [0.25, 0.3) is 11.0 Å². The van der Waals surface area contributed by atoms with E-state index in [2.05, 4.69) is 20.9 Å². The first-order valence-electron chi connectivity index (χ1n) is 6.56. The summed E-state index contributed by atoms with van der Waals surface area (Å²) in [7, 11) is 0. The second-order valence-electron chi connectivity index (χ2n) is 5.02. The number of aromatic nitrogens is 3. The third-order valence-electron chi connectivity index (χ3n) is 3.66. The maximum atomic E-state index is 5.56. The van der Waals surface area contributed by atoms with E-state index >= 15 is 0 Å². The molecule has 1 unspecified atom stereocenters. The predicted molar refractivity (Wildman–Crippen MR) is 67.4 cm³/mol. The van der Waals surface area contributed by atoms with Crippen LogP contribution in [0.5, 0.6) is 0 Å². The van der Waals surface area contributed by atoms with Crippen LogP contribution in [-0.4, -0.2) is 34.3 Å². The number of imidazole rings is 1. The molecule has 5 nitrogen and oxygen atoms in total. The number of hydrogen-bond acceptors (Lipinski definition) is 4. The van der Waals surface area contributed by atoms with Crippen LogP contribution in [0.2, 0.25) is 0 Å². The average Bonchev–Trinajstić information content (AvgIpc) is 3.19. The molecule has 1 N–H and O–H groups in total. The molecule has 0 amide bonds. The molecule has 1 saturated carbocycles. The van der Waals surface area contributed by atoms with Crippen molar-refractivity contribution in [1.29, 1.82) is 0 Å². The Morgan fingerprint density at radius 1 is 1.39 bits per heavy atom. The van der Waals surface area contributed by atoms with Gasteiger partial charge in [0.25, 0.3) is 0 Å². The van der Waals surface area contributed by atoms with Gasteiger partial charge >= 0.3 is 0 Å². The number of nitrogens with one attached hydrogen (secondary N) is 1. The monoisotopic (exact) mass is 244 g/mol. The van der Waals surface area contributed by atoms with Gasteiger partial charge in [0.05, 0.1) is 31.0 Å². The molecular formula is C13H16N4O. The van der Waals surface area contributed by atoms with Crippen molar-refractivity contribution in [2.24, 2.45) is 0 Å². The molecule has 0 spiro atoms. The van der Waals surface area contributed by atoms with Gasteiger partial charge in [-0.3, -0.25) is 4.98 Å². The van der Waals surface area contributed by atoms with E-state index in [1.807, 2.05) is 12.4 Å². The van der Waals surface area contributed by atoms with Crippen molar-refractivity contribution >= 4 is 11.0 Å². The van der Waals surface area contributed by atoms with Crippen molar-refractivity contribution in [2.45, 2.75) is 24.9 Å². The Balaban J connectivity index is 1.84. The zero-order valence-corrected chi connectivity index (χ0v) is 10.2. The Labute approximate surface area is 105 Å². The Morgan fingerprint density at radius 2 is 2.33 bits per heavy atom. The van der Waals surface area contributed by atoms with Gasteiger partial charge < -0.3 is 14.6 Å². The lowest BCUT2D eigenvalue weighted by molar-refractivity contribution is 0.0732. The van der Waals surface area contributed by atoms with Gasteiger partial charge in [-0.25, -0.2) is 4.98 Å². The first-order valence-corrected chi connectivity index (χ1v) is 6.56. The lowest BCUT2D eigenvalue weighted by Gasteiger charge is -2.24. The summed E-state index contributed by atoms with van der Waals surface area (Å²) in [6.07, 6.45) is 6.21. The zero-order valence-electron chi connectivity index (χ0n) is 10.2. The first kappa shape index (κ1) is 10.5. The normalized spacial score (nSPS) is 24.6. The molecule has 1 saturated heterocycles. The second-order valence-corrected chi connectivity index (χ2v) is 5.02. The maximum Gasteiger partial charge on any atom is 0.129 e. The van der Waals surface area contributed by atoms with Gasteiger partial charge in [0.1, 0.15) is 11.3 Å². The molecule has 2 fully saturated rings. The summed E-state index contributed by atoms with van der Waals surface area (Å²) in [5.41, 5.74) is 2.20. The molecule has 0 bridgehead atoms. The minimum Gasteiger partial charge on any atom is -0.378 e. The average molecular weight is 244 g/mol. The van der Waals surface area contributed by atoms with E-state index in [4.69, 9.17) is 9.72 Å². The van der Waals surface area contributed by atoms with Crippen molar-refractivity contribution in [3.05, 3.63) is 24.3 Å². The largest absolute Gasteiger partial charge is 0.378 e. The highest BCUT2D eigenvalue weighted by Crippen LogP contribution is 2.39. The molecule has 18 heavy (non-hydrogen) atoms. The summed E-state index contributed by atoms with van der Waals surface area (Å²) < 4.78 is 7.93. The van der Waals surface area contributed by atoms with Crippen LogP contribution in [0.1, 0.15) is 30.7 Å². The topological polar surface area (TPSA) is 52.0 Å². The maximum absolute atomic E-state index is 5.56. The van der Waals surface area contributed by atoms with E-state index < -0.39 is 0 Å². The van der Waals surface area contributed by atoms with Crippen molar-refractivity contribution in [1.82, 2.24) is 19.9 Å². The molecule has 2 aliphatic rings. The fourth-order valence-electron chi connectivity index (χ4n) is 2.66. The lowest BCUT2D eigenvalue weighted by atomic mass is 10.2. The van der Waals surface area contributed by atoms with Crippen LogP contribution in [-0.2, 0) is 4.74 Å². The van der Waals surface area contributed by atoms with Gasteiger partial charge in [-0.1, -0.05) is 0 Å². The highest BCUT2D eigenvalue weighted by atomic mass is 16.5. The number of nitrogens with zero attached hydrogens (tertiary/aromatic N) is 3. The smallest absolute Gasteiger partial charge is 0.129 e. The molecule has 3 heterocycles. The Hall–Kier alpha value is -1.46. The van der Waals surface area contributed by atoms with Crippen molar-refractivity contribution < 1.29 is 4.74 Å². The van der Waals surface area contributed by atoms with Gasteiger partial charge in [0.2, 0.25) is 0 Å². The number of pyridine rings is 1. The number of ether oxygens (including phenoxy) is 1. The van der Waals surface area contributed by atoms with E-state index in [9.17, 15) is 0 Å². The third kappa shape index (κ3) is 1.62. The molecule has 2 aromatic heterocycles. The van der Waals surface area contributed by atoms with E-state index in [0.29, 0.717) is 12.6 Å². The zero-order chi connectivity index (χ0) is 11.9. The van der Waals surface area contributed by atoms with Crippen molar-refractivity contribution in [2.75, 3.05) is 19.8 Å². The Bertz CT molecular complexity index is 569. The molecule has 4 rings (SSSR count). The number of rotatable bonds is 2. The predicted octanol–water partition coefficient (Wildman–Crippen LogP) is 1.43. The van der Waals surface area contributed by atoms with Crippen molar-refractivity contribution in [3.8, 4) is 0 Å². The number of morpholine rings is 1. The third-order valence-corrected chi connectivity index (χ3v) is 3.66. The summed E-state index contributed by atoms with van der Waals surface area (Å²) >= 11 is 0. The Morgan fingerprint density at radius 3 is 3.11 bits per heavy atom. The van der Waals surface area contributed by atoms with E-state index in [1.54, 1.807) is 0 Å². The number of fused-ring (bicyclic) bond motifs is 1. The molecule has 5 heteroatoms. The fourth-order valence-corrected chi connectivity index (χ4v) is 2.66. The fraction of sp³-hybridized carbons (Fsp3) is 0.538. The minimum atomic E-state index is 0.215. The first-order chi connectivity index (χ1) is 8.93. The van der Waals surface area contributed by atoms with Crippen LogP contribution in [0.3, 0.4) is 0 Å². The molecule has 2 aromatic rings. The summed E-state index contributed by atoms with van der Waals surface area (Å²) in [5, 5.41) is 3.49. The molecular weight excluding hydrogens is 228 g/mol. The highest BCUT2D eigenvalue weighted by Gasteiger charge is 2.31. The summed E-state index contributed by atoms with van der Waals surface area (Å²) in [5.74, 6) is 1.11. The van der Waals surface area contributed by atoms with Crippen LogP contribution >= 0.6 is 0 Å². The summed E-state index contributed by atoms with van der Waals surface area (Å²) in [6.45, 7) is 2.40. The van der Waals surface area contributed by atoms with Gasteiger partial charge in [0, 0.05) is 18.8 Å². The molecule has 1 aliphatic heterocycles. The summed E-state index contributed by atoms with van der Waals surface area (Å²) in [6, 6.07) is 2.90. The quantitative estimate of drug-likeness (QED) is 0.868. The van der Waals surface area contributed by atoms with Gasteiger partial charge in [-0.2, -0.15) is 0 Å². The van der Waals surface area contributed by atoms with E-state index in [0.717, 1.165) is 24.5 Å². The molecule has 1 atom stereocenters. The van der Waals surface area contributed by atoms with Crippen LogP contribution in [0.4, 0.5) is 0 Å². The highest BCUT2D eigenvalue weighted by molar-refractivity contribution is 5.75. The van der Waals surface area contributed by atoms with Crippen LogP contribution in [0, 0.1) is 0 Å². The van der Waals surface area contributed by atoms with Crippen LogP contribution < -0.4 is 5.32 Å². The molecule has 94 valence electrons.